The molecule has 8 heteroatoms. The molecule has 0 bridgehead atoms. The van der Waals surface area contributed by atoms with Crippen molar-refractivity contribution in [3.05, 3.63) is 59.7 Å². The Labute approximate surface area is 220 Å². The van der Waals surface area contributed by atoms with E-state index in [-0.39, 0.29) is 43.0 Å². The zero-order chi connectivity index (χ0) is 27.1. The van der Waals surface area contributed by atoms with E-state index in [4.69, 9.17) is 24.7 Å². The van der Waals surface area contributed by atoms with Crippen molar-refractivity contribution in [1.29, 1.82) is 0 Å². The summed E-state index contributed by atoms with van der Waals surface area (Å²) in [4.78, 5) is 25.8. The third-order valence-corrected chi connectivity index (χ3v) is 7.16. The van der Waals surface area contributed by atoms with Crippen LogP contribution >= 0.6 is 0 Å². The summed E-state index contributed by atoms with van der Waals surface area (Å²) in [6.45, 7) is 9.89. The van der Waals surface area contributed by atoms with Gasteiger partial charge in [-0.3, -0.25) is 9.69 Å². The number of ketones is 1. The summed E-state index contributed by atoms with van der Waals surface area (Å²) in [6, 6.07) is 15.3. The SMILES string of the molecule is CC(=O)C1OC(Oc2ccc(COC(=O)N(C)COC(C)Cc3ccccc3)cc2N)[C@@H](C)[C@@H](C)C1C. The first kappa shape index (κ1) is 28.5. The Bertz CT molecular complexity index is 1050. The summed E-state index contributed by atoms with van der Waals surface area (Å²) in [5.74, 6) is 0.894. The molecule has 1 aliphatic rings. The van der Waals surface area contributed by atoms with Crippen molar-refractivity contribution in [2.75, 3.05) is 19.5 Å². The minimum absolute atomic E-state index is 0.00833. The molecule has 1 fully saturated rings. The number of nitrogen functional groups attached to an aromatic ring is 1. The summed E-state index contributed by atoms with van der Waals surface area (Å²) < 4.78 is 23.3. The number of carbonyl (C=O) groups is 2. The van der Waals surface area contributed by atoms with Crippen molar-refractivity contribution < 1.29 is 28.5 Å². The van der Waals surface area contributed by atoms with Gasteiger partial charge in [0.25, 0.3) is 0 Å². The third kappa shape index (κ3) is 7.69. The van der Waals surface area contributed by atoms with Gasteiger partial charge >= 0.3 is 6.09 Å². The number of carbonyl (C=O) groups excluding carboxylic acids is 2. The van der Waals surface area contributed by atoms with Crippen molar-refractivity contribution in [3.8, 4) is 5.75 Å². The van der Waals surface area contributed by atoms with Gasteiger partial charge in [-0.1, -0.05) is 57.2 Å². The highest BCUT2D eigenvalue weighted by molar-refractivity contribution is 5.80. The van der Waals surface area contributed by atoms with Crippen LogP contribution in [-0.2, 0) is 32.0 Å². The Morgan fingerprint density at radius 2 is 1.73 bits per heavy atom. The van der Waals surface area contributed by atoms with Crippen LogP contribution in [0, 0.1) is 17.8 Å². The number of hydrogen-bond acceptors (Lipinski definition) is 7. The average Bonchev–Trinajstić information content (AvgIpc) is 2.87. The van der Waals surface area contributed by atoms with E-state index in [0.29, 0.717) is 11.4 Å². The molecular formula is C29H40N2O6. The van der Waals surface area contributed by atoms with E-state index >= 15 is 0 Å². The monoisotopic (exact) mass is 512 g/mol. The quantitative estimate of drug-likeness (QED) is 0.351. The fourth-order valence-electron chi connectivity index (χ4n) is 4.47. The minimum Gasteiger partial charge on any atom is -0.462 e. The van der Waals surface area contributed by atoms with E-state index in [9.17, 15) is 9.59 Å². The maximum atomic E-state index is 12.4. The zero-order valence-electron chi connectivity index (χ0n) is 22.7. The Morgan fingerprint density at radius 1 is 1.03 bits per heavy atom. The first-order valence-corrected chi connectivity index (χ1v) is 12.8. The van der Waals surface area contributed by atoms with Gasteiger partial charge in [0.05, 0.1) is 11.8 Å². The number of benzene rings is 2. The number of hydrogen-bond donors (Lipinski definition) is 1. The summed E-state index contributed by atoms with van der Waals surface area (Å²) in [6.07, 6.45) is -0.857. The lowest BCUT2D eigenvalue weighted by Gasteiger charge is -2.42. The second-order valence-corrected chi connectivity index (χ2v) is 10.2. The van der Waals surface area contributed by atoms with Crippen LogP contribution in [0.5, 0.6) is 5.75 Å². The molecular weight excluding hydrogens is 472 g/mol. The Morgan fingerprint density at radius 3 is 2.38 bits per heavy atom. The predicted octanol–water partition coefficient (Wildman–Crippen LogP) is 5.04. The van der Waals surface area contributed by atoms with Gasteiger partial charge in [0, 0.05) is 13.0 Å². The van der Waals surface area contributed by atoms with Gasteiger partial charge in [-0.2, -0.15) is 0 Å². The summed E-state index contributed by atoms with van der Waals surface area (Å²) in [5, 5.41) is 0. The molecule has 37 heavy (non-hydrogen) atoms. The van der Waals surface area contributed by atoms with Crippen molar-refractivity contribution in [3.63, 3.8) is 0 Å². The van der Waals surface area contributed by atoms with Crippen LogP contribution in [0.15, 0.2) is 48.5 Å². The Hall–Kier alpha value is -3.10. The molecule has 0 aromatic heterocycles. The highest BCUT2D eigenvalue weighted by Crippen LogP contribution is 2.37. The van der Waals surface area contributed by atoms with Crippen LogP contribution in [0.4, 0.5) is 10.5 Å². The number of nitrogens with two attached hydrogens (primary N) is 1. The van der Waals surface area contributed by atoms with Gasteiger partial charge in [0.2, 0.25) is 6.29 Å². The molecule has 2 aromatic carbocycles. The summed E-state index contributed by atoms with van der Waals surface area (Å²) in [5.41, 5.74) is 8.54. The van der Waals surface area contributed by atoms with Crippen LogP contribution in [0.1, 0.15) is 45.7 Å². The third-order valence-electron chi connectivity index (χ3n) is 7.16. The average molecular weight is 513 g/mol. The van der Waals surface area contributed by atoms with Gasteiger partial charge in [0.15, 0.2) is 5.78 Å². The van der Waals surface area contributed by atoms with Crippen LogP contribution in [0.25, 0.3) is 0 Å². The molecule has 0 saturated carbocycles. The zero-order valence-corrected chi connectivity index (χ0v) is 22.7. The van der Waals surface area contributed by atoms with Gasteiger partial charge < -0.3 is 24.7 Å². The van der Waals surface area contributed by atoms with E-state index in [0.717, 1.165) is 12.0 Å². The number of anilines is 1. The molecule has 8 nitrogen and oxygen atoms in total. The standard InChI is InChI=1S/C29H40N2O6/c1-18(14-23-10-8-7-9-11-23)35-17-31(6)29(33)34-16-24-12-13-26(25(30)15-24)36-28-21(4)19(2)20(3)27(37-28)22(5)32/h7-13,15,18-21,27-28H,14,16-17,30H2,1-6H3/t18?,19-,20?,21-,27?,28?/m0/s1. The number of Topliss-reactive ketones (excluding diaryl/α,β-unsaturated/α-hetero) is 1. The van der Waals surface area contributed by atoms with Gasteiger partial charge in [-0.05, 0) is 55.4 Å². The lowest BCUT2D eigenvalue weighted by atomic mass is 9.78. The maximum Gasteiger partial charge on any atom is 0.411 e. The Kier molecular flexibility index (Phi) is 9.94. The molecule has 0 spiro atoms. The molecule has 3 rings (SSSR count). The first-order valence-electron chi connectivity index (χ1n) is 12.8. The van der Waals surface area contributed by atoms with E-state index < -0.39 is 18.5 Å². The van der Waals surface area contributed by atoms with Crippen molar-refractivity contribution >= 4 is 17.6 Å². The van der Waals surface area contributed by atoms with E-state index in [1.54, 1.807) is 32.2 Å². The second kappa shape index (κ2) is 12.9. The lowest BCUT2D eigenvalue weighted by Crippen LogP contribution is -2.49. The Balaban J connectivity index is 1.48. The van der Waals surface area contributed by atoms with Crippen molar-refractivity contribution in [1.82, 2.24) is 4.90 Å². The number of rotatable bonds is 10. The van der Waals surface area contributed by atoms with Crippen LogP contribution < -0.4 is 10.5 Å². The summed E-state index contributed by atoms with van der Waals surface area (Å²) >= 11 is 0. The highest BCUT2D eigenvalue weighted by atomic mass is 16.7. The molecule has 1 amide bonds. The smallest absolute Gasteiger partial charge is 0.411 e. The molecule has 2 aromatic rings. The normalized spacial score (nSPS) is 24.2. The summed E-state index contributed by atoms with van der Waals surface area (Å²) in [7, 11) is 1.63. The first-order chi connectivity index (χ1) is 17.6. The highest BCUT2D eigenvalue weighted by Gasteiger charge is 2.42. The van der Waals surface area contributed by atoms with Crippen LogP contribution in [0.3, 0.4) is 0 Å². The molecule has 202 valence electrons. The van der Waals surface area contributed by atoms with E-state index in [1.807, 2.05) is 44.2 Å². The second-order valence-electron chi connectivity index (χ2n) is 10.2. The molecule has 1 aliphatic heterocycles. The molecule has 2 N–H and O–H groups in total. The largest absolute Gasteiger partial charge is 0.462 e. The molecule has 4 unspecified atom stereocenters. The predicted molar refractivity (Wildman–Crippen MR) is 142 cm³/mol. The molecule has 1 saturated heterocycles. The van der Waals surface area contributed by atoms with E-state index in [2.05, 4.69) is 13.8 Å². The lowest BCUT2D eigenvalue weighted by molar-refractivity contribution is -0.209. The molecule has 0 radical (unpaired) electrons. The minimum atomic E-state index is -0.580. The van der Waals surface area contributed by atoms with E-state index in [1.165, 1.54) is 10.5 Å². The molecule has 6 atom stereocenters. The van der Waals surface area contributed by atoms with Crippen LogP contribution in [-0.4, -0.2) is 49.1 Å². The van der Waals surface area contributed by atoms with Gasteiger partial charge in [-0.25, -0.2) is 4.79 Å². The fourth-order valence-corrected chi connectivity index (χ4v) is 4.47. The fraction of sp³-hybridized carbons (Fsp3) is 0.517. The van der Waals surface area contributed by atoms with Gasteiger partial charge in [0.1, 0.15) is 25.2 Å². The van der Waals surface area contributed by atoms with Crippen molar-refractivity contribution in [2.45, 2.75) is 66.1 Å². The van der Waals surface area contributed by atoms with Crippen LogP contribution in [0.2, 0.25) is 0 Å². The topological polar surface area (TPSA) is 100 Å². The molecule has 0 aliphatic carbocycles. The number of ether oxygens (including phenoxy) is 4. The number of amides is 1. The molecule has 1 heterocycles. The van der Waals surface area contributed by atoms with Crippen molar-refractivity contribution in [2.24, 2.45) is 17.8 Å². The van der Waals surface area contributed by atoms with Gasteiger partial charge in [-0.15, -0.1) is 0 Å². The maximum absolute atomic E-state index is 12.4. The number of nitrogens with zero attached hydrogens (tertiary/aromatic N) is 1.